The van der Waals surface area contributed by atoms with E-state index in [2.05, 4.69) is 28.5 Å². The van der Waals surface area contributed by atoms with Crippen molar-refractivity contribution in [1.29, 1.82) is 0 Å². The molecule has 7 heteroatoms. The van der Waals surface area contributed by atoms with Crippen molar-refractivity contribution < 1.29 is 13.2 Å². The molecule has 0 saturated carbocycles. The van der Waals surface area contributed by atoms with E-state index in [1.165, 1.54) is 9.87 Å². The van der Waals surface area contributed by atoms with Crippen molar-refractivity contribution in [3.8, 4) is 11.1 Å². The molecule has 1 fully saturated rings. The van der Waals surface area contributed by atoms with Crippen LogP contribution in [0.4, 0.5) is 0 Å². The van der Waals surface area contributed by atoms with Gasteiger partial charge in [0.25, 0.3) is 0 Å². The molecule has 1 aliphatic heterocycles. The van der Waals surface area contributed by atoms with E-state index in [4.69, 9.17) is 0 Å². The zero-order chi connectivity index (χ0) is 19.0. The summed E-state index contributed by atoms with van der Waals surface area (Å²) >= 11 is 0. The first-order valence-corrected chi connectivity index (χ1v) is 10.3. The Bertz CT molecular complexity index is 1100. The number of aromatic amines is 1. The third kappa shape index (κ3) is 3.36. The second-order valence-corrected chi connectivity index (χ2v) is 8.72. The Morgan fingerprint density at radius 2 is 1.81 bits per heavy atom. The molecule has 1 saturated heterocycles. The number of carbonyl (C=O) groups is 1. The SMILES string of the molecule is Cc1ccc2c(-c3ccc(S(=O)(=O)N4CCNC(=O)CC4)cc3)c[nH]c2c1. The Balaban J connectivity index is 1.64. The third-order valence-corrected chi connectivity index (χ3v) is 6.82. The van der Waals surface area contributed by atoms with Crippen molar-refractivity contribution in [2.24, 2.45) is 0 Å². The van der Waals surface area contributed by atoms with Crippen LogP contribution < -0.4 is 5.32 Å². The van der Waals surface area contributed by atoms with E-state index in [1.54, 1.807) is 12.1 Å². The van der Waals surface area contributed by atoms with Crippen LogP contribution in [0.2, 0.25) is 0 Å². The van der Waals surface area contributed by atoms with Gasteiger partial charge in [0.1, 0.15) is 0 Å². The number of aromatic nitrogens is 1. The van der Waals surface area contributed by atoms with Crippen molar-refractivity contribution in [3.63, 3.8) is 0 Å². The van der Waals surface area contributed by atoms with Crippen LogP contribution in [-0.2, 0) is 14.8 Å². The largest absolute Gasteiger partial charge is 0.361 e. The number of carbonyl (C=O) groups excluding carboxylic acids is 1. The molecule has 1 aliphatic rings. The minimum Gasteiger partial charge on any atom is -0.361 e. The molecule has 0 unspecified atom stereocenters. The topological polar surface area (TPSA) is 82.3 Å². The van der Waals surface area contributed by atoms with Crippen LogP contribution in [0.15, 0.2) is 53.6 Å². The zero-order valence-electron chi connectivity index (χ0n) is 15.0. The van der Waals surface area contributed by atoms with Gasteiger partial charge in [-0.1, -0.05) is 24.3 Å². The Hall–Kier alpha value is -2.64. The molecule has 27 heavy (non-hydrogen) atoms. The average molecular weight is 383 g/mol. The summed E-state index contributed by atoms with van der Waals surface area (Å²) in [5.41, 5.74) is 4.24. The molecule has 3 aromatic rings. The van der Waals surface area contributed by atoms with Crippen LogP contribution in [-0.4, -0.2) is 43.2 Å². The number of amides is 1. The number of hydrogen-bond acceptors (Lipinski definition) is 3. The van der Waals surface area contributed by atoms with Crippen LogP contribution >= 0.6 is 0 Å². The first-order chi connectivity index (χ1) is 12.9. The number of sulfonamides is 1. The van der Waals surface area contributed by atoms with Crippen LogP contribution in [0.25, 0.3) is 22.0 Å². The molecule has 1 aromatic heterocycles. The number of nitrogens with zero attached hydrogens (tertiary/aromatic N) is 1. The van der Waals surface area contributed by atoms with Crippen LogP contribution in [0.5, 0.6) is 0 Å². The van der Waals surface area contributed by atoms with Gasteiger partial charge in [0.2, 0.25) is 15.9 Å². The van der Waals surface area contributed by atoms with Gasteiger partial charge in [-0.25, -0.2) is 8.42 Å². The zero-order valence-corrected chi connectivity index (χ0v) is 15.8. The van der Waals surface area contributed by atoms with E-state index in [0.29, 0.717) is 6.54 Å². The maximum Gasteiger partial charge on any atom is 0.243 e. The summed E-state index contributed by atoms with van der Waals surface area (Å²) in [4.78, 5) is 15.0. The molecule has 0 aliphatic carbocycles. The molecule has 0 bridgehead atoms. The van der Waals surface area contributed by atoms with E-state index in [9.17, 15) is 13.2 Å². The second kappa shape index (κ2) is 6.83. The summed E-state index contributed by atoms with van der Waals surface area (Å²) in [6.45, 7) is 2.88. The smallest absolute Gasteiger partial charge is 0.243 e. The van der Waals surface area contributed by atoms with Gasteiger partial charge in [-0.3, -0.25) is 4.79 Å². The number of aryl methyl sites for hydroxylation is 1. The van der Waals surface area contributed by atoms with E-state index in [1.807, 2.05) is 25.3 Å². The van der Waals surface area contributed by atoms with Crippen LogP contribution in [0.3, 0.4) is 0 Å². The van der Waals surface area contributed by atoms with E-state index >= 15 is 0 Å². The first kappa shape index (κ1) is 17.8. The number of fused-ring (bicyclic) bond motifs is 1. The highest BCUT2D eigenvalue weighted by Crippen LogP contribution is 2.30. The van der Waals surface area contributed by atoms with Crippen molar-refractivity contribution in [2.45, 2.75) is 18.2 Å². The van der Waals surface area contributed by atoms with E-state index in [-0.39, 0.29) is 30.3 Å². The van der Waals surface area contributed by atoms with E-state index in [0.717, 1.165) is 22.0 Å². The third-order valence-electron chi connectivity index (χ3n) is 4.91. The van der Waals surface area contributed by atoms with Gasteiger partial charge >= 0.3 is 0 Å². The summed E-state index contributed by atoms with van der Waals surface area (Å²) < 4.78 is 27.1. The minimum absolute atomic E-state index is 0.113. The van der Waals surface area contributed by atoms with Crippen LogP contribution in [0.1, 0.15) is 12.0 Å². The number of rotatable bonds is 3. The molecule has 0 atom stereocenters. The number of benzene rings is 2. The number of H-pyrrole nitrogens is 1. The Morgan fingerprint density at radius 1 is 1.04 bits per heavy atom. The summed E-state index contributed by atoms with van der Waals surface area (Å²) in [5.74, 6) is -0.113. The molecular formula is C20H21N3O3S. The minimum atomic E-state index is -3.61. The molecule has 0 spiro atoms. The van der Waals surface area contributed by atoms with Gasteiger partial charge in [0, 0.05) is 48.7 Å². The Kier molecular flexibility index (Phi) is 4.49. The highest BCUT2D eigenvalue weighted by Gasteiger charge is 2.26. The second-order valence-electron chi connectivity index (χ2n) is 6.78. The predicted octanol–water partition coefficient (Wildman–Crippen LogP) is 2.65. The molecule has 2 N–H and O–H groups in total. The molecule has 2 aromatic carbocycles. The Morgan fingerprint density at radius 3 is 2.59 bits per heavy atom. The van der Waals surface area contributed by atoms with Gasteiger partial charge in [-0.05, 0) is 36.2 Å². The molecule has 140 valence electrons. The van der Waals surface area contributed by atoms with Crippen molar-refractivity contribution in [3.05, 3.63) is 54.2 Å². The quantitative estimate of drug-likeness (QED) is 0.729. The molecule has 4 rings (SSSR count). The fourth-order valence-corrected chi connectivity index (χ4v) is 4.86. The van der Waals surface area contributed by atoms with Crippen molar-refractivity contribution >= 4 is 26.8 Å². The summed E-state index contributed by atoms with van der Waals surface area (Å²) in [6, 6.07) is 13.2. The van der Waals surface area contributed by atoms with Crippen molar-refractivity contribution in [2.75, 3.05) is 19.6 Å². The highest BCUT2D eigenvalue weighted by atomic mass is 32.2. The maximum absolute atomic E-state index is 12.9. The lowest BCUT2D eigenvalue weighted by Crippen LogP contribution is -2.34. The summed E-state index contributed by atoms with van der Waals surface area (Å²) in [6.07, 6.45) is 2.13. The average Bonchev–Trinajstić information content (AvgIpc) is 2.94. The van der Waals surface area contributed by atoms with Gasteiger partial charge in [0.15, 0.2) is 0 Å². The molecular weight excluding hydrogens is 362 g/mol. The molecule has 1 amide bonds. The highest BCUT2D eigenvalue weighted by molar-refractivity contribution is 7.89. The number of hydrogen-bond donors (Lipinski definition) is 2. The summed E-state index contributed by atoms with van der Waals surface area (Å²) in [5, 5.41) is 3.80. The van der Waals surface area contributed by atoms with Gasteiger partial charge in [-0.2, -0.15) is 4.31 Å². The van der Waals surface area contributed by atoms with Gasteiger partial charge < -0.3 is 10.3 Å². The number of nitrogens with one attached hydrogen (secondary N) is 2. The predicted molar refractivity (Wildman–Crippen MR) is 105 cm³/mol. The van der Waals surface area contributed by atoms with E-state index < -0.39 is 10.0 Å². The van der Waals surface area contributed by atoms with Crippen LogP contribution in [0, 0.1) is 6.92 Å². The summed E-state index contributed by atoms with van der Waals surface area (Å²) in [7, 11) is -3.61. The monoisotopic (exact) mass is 383 g/mol. The molecule has 6 nitrogen and oxygen atoms in total. The first-order valence-electron chi connectivity index (χ1n) is 8.90. The maximum atomic E-state index is 12.9. The fourth-order valence-electron chi connectivity index (χ4n) is 3.42. The van der Waals surface area contributed by atoms with Crippen molar-refractivity contribution in [1.82, 2.24) is 14.6 Å². The van der Waals surface area contributed by atoms with Gasteiger partial charge in [0.05, 0.1) is 4.90 Å². The van der Waals surface area contributed by atoms with Gasteiger partial charge in [-0.15, -0.1) is 0 Å². The standard InChI is InChI=1S/C20H21N3O3S/c1-14-2-7-17-18(13-22-19(17)12-14)15-3-5-16(6-4-15)27(25,26)23-10-8-20(24)21-9-11-23/h2-7,12-13,22H,8-11H2,1H3,(H,21,24). The lowest BCUT2D eigenvalue weighted by molar-refractivity contribution is -0.120. The lowest BCUT2D eigenvalue weighted by atomic mass is 10.0. The Labute approximate surface area is 158 Å². The fraction of sp³-hybridized carbons (Fsp3) is 0.250. The lowest BCUT2D eigenvalue weighted by Gasteiger charge is -2.19. The normalized spacial score (nSPS) is 16.3. The molecule has 0 radical (unpaired) electrons. The molecule has 2 heterocycles.